The van der Waals surface area contributed by atoms with Crippen molar-refractivity contribution in [2.24, 2.45) is 0 Å². The molecule has 0 amide bonds. The van der Waals surface area contributed by atoms with Crippen molar-refractivity contribution in [3.63, 3.8) is 0 Å². The van der Waals surface area contributed by atoms with E-state index in [4.69, 9.17) is 46.4 Å². The molecule has 18 heavy (non-hydrogen) atoms. The van der Waals surface area contributed by atoms with Gasteiger partial charge in [0.05, 0.1) is 15.1 Å². The molecule has 0 unspecified atom stereocenters. The van der Waals surface area contributed by atoms with Crippen LogP contribution in [0.15, 0.2) is 30.3 Å². The average molecular weight is 320 g/mol. The monoisotopic (exact) mass is 318 g/mol. The summed E-state index contributed by atoms with van der Waals surface area (Å²) in [4.78, 5) is 11.1. The van der Waals surface area contributed by atoms with Gasteiger partial charge in [0.25, 0.3) is 0 Å². The highest BCUT2D eigenvalue weighted by molar-refractivity contribution is 6.42. The molecule has 0 N–H and O–H groups in total. The normalized spacial score (nSPS) is 10.4. The van der Waals surface area contributed by atoms with Crippen LogP contribution in [-0.2, 0) is 0 Å². The lowest BCUT2D eigenvalue weighted by molar-refractivity contribution is 0.112. The molecule has 1 nitrogen and oxygen atoms in total. The van der Waals surface area contributed by atoms with E-state index in [1.165, 1.54) is 0 Å². The molecule has 0 radical (unpaired) electrons. The summed E-state index contributed by atoms with van der Waals surface area (Å²) in [7, 11) is 0. The molecule has 2 rings (SSSR count). The van der Waals surface area contributed by atoms with Gasteiger partial charge >= 0.3 is 0 Å². The molecule has 0 bridgehead atoms. The Morgan fingerprint density at radius 3 is 2.06 bits per heavy atom. The highest BCUT2D eigenvalue weighted by atomic mass is 35.5. The van der Waals surface area contributed by atoms with Crippen LogP contribution in [0, 0.1) is 0 Å². The van der Waals surface area contributed by atoms with Crippen molar-refractivity contribution >= 4 is 52.7 Å². The molecular weight excluding hydrogens is 314 g/mol. The van der Waals surface area contributed by atoms with Crippen LogP contribution in [-0.4, -0.2) is 6.29 Å². The van der Waals surface area contributed by atoms with E-state index >= 15 is 0 Å². The lowest BCUT2D eigenvalue weighted by Gasteiger charge is -2.11. The van der Waals surface area contributed by atoms with Gasteiger partial charge in [0.2, 0.25) is 0 Å². The van der Waals surface area contributed by atoms with E-state index < -0.39 is 0 Å². The molecule has 0 aliphatic carbocycles. The van der Waals surface area contributed by atoms with Crippen LogP contribution in [0.25, 0.3) is 11.1 Å². The summed E-state index contributed by atoms with van der Waals surface area (Å²) in [5.41, 5.74) is 1.49. The summed E-state index contributed by atoms with van der Waals surface area (Å²) in [6.07, 6.45) is 0.679. The van der Waals surface area contributed by atoms with Gasteiger partial charge in [-0.05, 0) is 23.8 Å². The van der Waals surface area contributed by atoms with Crippen molar-refractivity contribution in [3.8, 4) is 11.1 Å². The van der Waals surface area contributed by atoms with Crippen LogP contribution in [0.2, 0.25) is 20.1 Å². The Hall–Kier alpha value is -0.730. The first-order valence-corrected chi connectivity index (χ1v) is 6.44. The van der Waals surface area contributed by atoms with Crippen LogP contribution in [0.3, 0.4) is 0 Å². The van der Waals surface area contributed by atoms with Gasteiger partial charge in [-0.1, -0.05) is 58.5 Å². The summed E-state index contributed by atoms with van der Waals surface area (Å²) in [5.74, 6) is 0. The SMILES string of the molecule is O=Cc1c(Cl)cccc1-c1c(Cl)cc(Cl)cc1Cl. The Kier molecular flexibility index (Phi) is 4.18. The minimum absolute atomic E-state index is 0.351. The smallest absolute Gasteiger partial charge is 0.152 e. The first-order valence-electron chi connectivity index (χ1n) is 4.93. The van der Waals surface area contributed by atoms with E-state index in [-0.39, 0.29) is 0 Å². The van der Waals surface area contributed by atoms with E-state index in [0.717, 1.165) is 0 Å². The van der Waals surface area contributed by atoms with E-state index in [1.54, 1.807) is 30.3 Å². The number of aldehydes is 1. The van der Waals surface area contributed by atoms with Gasteiger partial charge in [-0.2, -0.15) is 0 Å². The Morgan fingerprint density at radius 2 is 1.50 bits per heavy atom. The molecular formula is C13H6Cl4O. The third-order valence-electron chi connectivity index (χ3n) is 2.45. The third kappa shape index (κ3) is 2.50. The lowest BCUT2D eigenvalue weighted by Crippen LogP contribution is -1.91. The number of benzene rings is 2. The quantitative estimate of drug-likeness (QED) is 0.641. The minimum atomic E-state index is 0.351. The maximum absolute atomic E-state index is 11.1. The third-order valence-corrected chi connectivity index (χ3v) is 3.59. The number of halogens is 4. The molecule has 92 valence electrons. The molecule has 0 atom stereocenters. The van der Waals surface area contributed by atoms with E-state index in [9.17, 15) is 4.79 Å². The maximum atomic E-state index is 11.1. The first kappa shape index (κ1) is 13.7. The second kappa shape index (κ2) is 5.50. The minimum Gasteiger partial charge on any atom is -0.298 e. The van der Waals surface area contributed by atoms with Crippen molar-refractivity contribution in [2.75, 3.05) is 0 Å². The summed E-state index contributed by atoms with van der Waals surface area (Å²) >= 11 is 24.1. The van der Waals surface area contributed by atoms with Crippen molar-refractivity contribution in [1.29, 1.82) is 0 Å². The fourth-order valence-electron chi connectivity index (χ4n) is 1.67. The van der Waals surface area contributed by atoms with Crippen molar-refractivity contribution < 1.29 is 4.79 Å². The molecule has 0 aromatic heterocycles. The fourth-order valence-corrected chi connectivity index (χ4v) is 2.91. The second-order valence-corrected chi connectivity index (χ2v) is 5.22. The van der Waals surface area contributed by atoms with Gasteiger partial charge in [-0.15, -0.1) is 0 Å². The number of carbonyl (C=O) groups is 1. The zero-order valence-electron chi connectivity index (χ0n) is 8.88. The molecule has 0 saturated heterocycles. The molecule has 0 heterocycles. The van der Waals surface area contributed by atoms with Gasteiger partial charge in [0.1, 0.15) is 0 Å². The largest absolute Gasteiger partial charge is 0.298 e. The number of rotatable bonds is 2. The molecule has 0 aliphatic rings. The molecule has 2 aromatic carbocycles. The predicted octanol–water partition coefficient (Wildman–Crippen LogP) is 5.78. The number of carbonyl (C=O) groups excluding carboxylic acids is 1. The van der Waals surface area contributed by atoms with Crippen molar-refractivity contribution in [2.45, 2.75) is 0 Å². The zero-order valence-corrected chi connectivity index (χ0v) is 11.9. The molecule has 5 heteroatoms. The Balaban J connectivity index is 2.77. The van der Waals surface area contributed by atoms with Crippen LogP contribution < -0.4 is 0 Å². The van der Waals surface area contributed by atoms with E-state index in [1.807, 2.05) is 0 Å². The average Bonchev–Trinajstić information content (AvgIpc) is 2.27. The van der Waals surface area contributed by atoms with Crippen molar-refractivity contribution in [3.05, 3.63) is 56.0 Å². The van der Waals surface area contributed by atoms with Gasteiger partial charge in [-0.25, -0.2) is 0 Å². The van der Waals surface area contributed by atoms with Crippen LogP contribution in [0.1, 0.15) is 10.4 Å². The van der Waals surface area contributed by atoms with E-state index in [0.29, 0.717) is 43.1 Å². The first-order chi connectivity index (χ1) is 8.54. The molecule has 0 aliphatic heterocycles. The van der Waals surface area contributed by atoms with Gasteiger partial charge in [-0.3, -0.25) is 4.79 Å². The topological polar surface area (TPSA) is 17.1 Å². The van der Waals surface area contributed by atoms with Gasteiger partial charge in [0, 0.05) is 16.1 Å². The highest BCUT2D eigenvalue weighted by Crippen LogP contribution is 2.39. The number of hydrogen-bond acceptors (Lipinski definition) is 1. The summed E-state index contributed by atoms with van der Waals surface area (Å²) < 4.78 is 0. The predicted molar refractivity (Wildman–Crippen MR) is 77.3 cm³/mol. The second-order valence-electron chi connectivity index (χ2n) is 3.56. The fraction of sp³-hybridized carbons (Fsp3) is 0. The summed E-state index contributed by atoms with van der Waals surface area (Å²) in [6, 6.07) is 8.23. The lowest BCUT2D eigenvalue weighted by atomic mass is 10.0. The van der Waals surface area contributed by atoms with Gasteiger partial charge < -0.3 is 0 Å². The van der Waals surface area contributed by atoms with Crippen molar-refractivity contribution in [1.82, 2.24) is 0 Å². The summed E-state index contributed by atoms with van der Waals surface area (Å²) in [6.45, 7) is 0. The highest BCUT2D eigenvalue weighted by Gasteiger charge is 2.15. The standard InChI is InChI=1S/C13H6Cl4O/c14-7-4-11(16)13(12(17)5-7)8-2-1-3-10(15)9(8)6-18/h1-6H. The van der Waals surface area contributed by atoms with Crippen LogP contribution >= 0.6 is 46.4 Å². The van der Waals surface area contributed by atoms with Crippen LogP contribution in [0.5, 0.6) is 0 Å². The van der Waals surface area contributed by atoms with E-state index in [2.05, 4.69) is 0 Å². The Labute approximate surface area is 124 Å². The van der Waals surface area contributed by atoms with Crippen LogP contribution in [0.4, 0.5) is 0 Å². The summed E-state index contributed by atoms with van der Waals surface area (Å²) in [5, 5.41) is 1.53. The molecule has 0 fully saturated rings. The maximum Gasteiger partial charge on any atom is 0.152 e. The number of hydrogen-bond donors (Lipinski definition) is 0. The molecule has 0 saturated carbocycles. The molecule has 0 spiro atoms. The Bertz CT molecular complexity index is 599. The zero-order chi connectivity index (χ0) is 13.3. The van der Waals surface area contributed by atoms with Gasteiger partial charge in [0.15, 0.2) is 6.29 Å². The Morgan fingerprint density at radius 1 is 0.889 bits per heavy atom. The molecule has 2 aromatic rings.